The molecule has 1 N–H and O–H groups in total. The summed E-state index contributed by atoms with van der Waals surface area (Å²) in [6, 6.07) is 3.78. The van der Waals surface area contributed by atoms with Gasteiger partial charge in [-0.25, -0.2) is 0 Å². The monoisotopic (exact) mass is 426 g/mol. The number of nitrogens with zero attached hydrogens (tertiary/aromatic N) is 1. The molecule has 2 aromatic rings. The van der Waals surface area contributed by atoms with Crippen LogP contribution in [0.3, 0.4) is 0 Å². The van der Waals surface area contributed by atoms with Crippen LogP contribution in [0.2, 0.25) is 0 Å². The molecule has 156 valence electrons. The largest absolute Gasteiger partial charge is 0.495 e. The molecule has 3 heterocycles. The van der Waals surface area contributed by atoms with Gasteiger partial charge in [0.25, 0.3) is 0 Å². The van der Waals surface area contributed by atoms with E-state index in [1.165, 1.54) is 35.7 Å². The number of carbonyl (C=O) groups is 1. The Labute approximate surface area is 171 Å². The lowest BCUT2D eigenvalue weighted by molar-refractivity contribution is -0.164. The van der Waals surface area contributed by atoms with E-state index in [1.807, 2.05) is 33.0 Å². The molecule has 29 heavy (non-hydrogen) atoms. The molecule has 5 nitrogen and oxygen atoms in total. The van der Waals surface area contributed by atoms with Gasteiger partial charge in [0, 0.05) is 11.1 Å². The zero-order valence-corrected chi connectivity index (χ0v) is 17.4. The first-order valence-electron chi connectivity index (χ1n) is 9.09. The summed E-state index contributed by atoms with van der Waals surface area (Å²) in [6.07, 6.45) is -3.56. The second kappa shape index (κ2) is 7.73. The second-order valence-corrected chi connectivity index (χ2v) is 8.90. The molecule has 1 aliphatic heterocycles. The molecule has 1 amide bonds. The summed E-state index contributed by atoms with van der Waals surface area (Å²) in [7, 11) is -0.579. The van der Waals surface area contributed by atoms with Gasteiger partial charge < -0.3 is 14.6 Å². The van der Waals surface area contributed by atoms with Gasteiger partial charge in [0.05, 0.1) is 23.3 Å². The molecule has 0 saturated carbocycles. The average molecular weight is 426 g/mol. The topological polar surface area (TPSA) is 60.5 Å². The maximum Gasteiger partial charge on any atom is 0.495 e. The Bertz CT molecular complexity index is 855. The predicted octanol–water partition coefficient (Wildman–Crippen LogP) is 3.40. The quantitative estimate of drug-likeness (QED) is 0.745. The molecular weight excluding hydrogens is 404 g/mol. The fourth-order valence-electron chi connectivity index (χ4n) is 2.83. The van der Waals surface area contributed by atoms with Crippen molar-refractivity contribution in [3.63, 3.8) is 0 Å². The third kappa shape index (κ3) is 4.81. The highest BCUT2D eigenvalue weighted by atomic mass is 32.1. The van der Waals surface area contributed by atoms with Crippen LogP contribution in [0.5, 0.6) is 0 Å². The minimum atomic E-state index is -4.65. The lowest BCUT2D eigenvalue weighted by Gasteiger charge is -2.32. The molecule has 2 aromatic heterocycles. The van der Waals surface area contributed by atoms with E-state index < -0.39 is 36.4 Å². The lowest BCUT2D eigenvalue weighted by atomic mass is 9.81. The first-order valence-corrected chi connectivity index (χ1v) is 9.97. The van der Waals surface area contributed by atoms with Crippen LogP contribution in [0.15, 0.2) is 35.8 Å². The number of nitrogens with one attached hydrogen (secondary N) is 1. The number of carbonyl (C=O) groups excluding carboxylic acids is 1. The summed E-state index contributed by atoms with van der Waals surface area (Å²) < 4.78 is 52.0. The smallest absolute Gasteiger partial charge is 0.399 e. The van der Waals surface area contributed by atoms with Gasteiger partial charge in [-0.15, -0.1) is 11.3 Å². The maximum atomic E-state index is 13.4. The highest BCUT2D eigenvalue weighted by Crippen LogP contribution is 2.37. The molecule has 0 bridgehead atoms. The van der Waals surface area contributed by atoms with Crippen LogP contribution in [-0.4, -0.2) is 35.4 Å². The average Bonchev–Trinajstić information content (AvgIpc) is 3.14. The van der Waals surface area contributed by atoms with Crippen LogP contribution < -0.4 is 10.8 Å². The number of rotatable bonds is 5. The first kappa shape index (κ1) is 21.8. The van der Waals surface area contributed by atoms with Crippen molar-refractivity contribution in [1.82, 2.24) is 10.3 Å². The van der Waals surface area contributed by atoms with E-state index in [1.54, 1.807) is 11.4 Å². The van der Waals surface area contributed by atoms with E-state index in [4.69, 9.17) is 9.31 Å². The van der Waals surface area contributed by atoms with Gasteiger partial charge in [-0.3, -0.25) is 9.78 Å². The minimum Gasteiger partial charge on any atom is -0.399 e. The SMILES string of the molecule is CC1(C)OB(c2csc(CC(=O)NC(c3ccccn3)C(F)(F)F)c2)OC1(C)C. The van der Waals surface area contributed by atoms with Gasteiger partial charge in [0.15, 0.2) is 6.04 Å². The fourth-order valence-corrected chi connectivity index (χ4v) is 3.72. The fraction of sp³-hybridized carbons (Fsp3) is 0.474. The highest BCUT2D eigenvalue weighted by molar-refractivity contribution is 7.11. The molecule has 1 fully saturated rings. The molecule has 1 unspecified atom stereocenters. The highest BCUT2D eigenvalue weighted by Gasteiger charge is 2.52. The molecule has 3 rings (SSSR count). The zero-order chi connectivity index (χ0) is 21.4. The van der Waals surface area contributed by atoms with Crippen LogP contribution in [0, 0.1) is 0 Å². The van der Waals surface area contributed by atoms with Gasteiger partial charge in [-0.2, -0.15) is 13.2 Å². The van der Waals surface area contributed by atoms with Crippen molar-refractivity contribution >= 4 is 29.8 Å². The Hall–Kier alpha value is -1.91. The molecule has 10 heteroatoms. The summed E-state index contributed by atoms with van der Waals surface area (Å²) in [5, 5.41) is 3.84. The summed E-state index contributed by atoms with van der Waals surface area (Å²) in [6.45, 7) is 7.73. The maximum absolute atomic E-state index is 13.4. The van der Waals surface area contributed by atoms with Gasteiger partial charge in [-0.05, 0) is 56.7 Å². The lowest BCUT2D eigenvalue weighted by Crippen LogP contribution is -2.41. The summed E-state index contributed by atoms with van der Waals surface area (Å²) in [5.74, 6) is -0.736. The molecule has 1 atom stereocenters. The Morgan fingerprint density at radius 2 is 1.90 bits per heavy atom. The Kier molecular flexibility index (Phi) is 5.81. The third-order valence-electron chi connectivity index (χ3n) is 5.15. The van der Waals surface area contributed by atoms with Gasteiger partial charge >= 0.3 is 13.3 Å². The van der Waals surface area contributed by atoms with Crippen molar-refractivity contribution in [3.05, 3.63) is 46.4 Å². The first-order chi connectivity index (χ1) is 13.4. The molecule has 0 spiro atoms. The number of hydrogen-bond donors (Lipinski definition) is 1. The van der Waals surface area contributed by atoms with Crippen LogP contribution >= 0.6 is 11.3 Å². The number of halogens is 3. The summed E-state index contributed by atoms with van der Waals surface area (Å²) in [5.41, 5.74) is -0.509. The van der Waals surface area contributed by atoms with E-state index in [0.717, 1.165) is 5.46 Å². The number of pyridine rings is 1. The van der Waals surface area contributed by atoms with E-state index in [9.17, 15) is 18.0 Å². The van der Waals surface area contributed by atoms with Crippen molar-refractivity contribution in [2.45, 2.75) is 57.5 Å². The zero-order valence-electron chi connectivity index (χ0n) is 16.5. The molecule has 1 saturated heterocycles. The van der Waals surface area contributed by atoms with Crippen LogP contribution in [-0.2, 0) is 20.5 Å². The number of amides is 1. The van der Waals surface area contributed by atoms with Gasteiger partial charge in [0.2, 0.25) is 5.91 Å². The Balaban J connectivity index is 1.67. The van der Waals surface area contributed by atoms with Crippen molar-refractivity contribution in [1.29, 1.82) is 0 Å². The van der Waals surface area contributed by atoms with Crippen LogP contribution in [0.1, 0.15) is 44.3 Å². The van der Waals surface area contributed by atoms with Crippen molar-refractivity contribution in [3.8, 4) is 0 Å². The van der Waals surface area contributed by atoms with E-state index >= 15 is 0 Å². The molecule has 0 aliphatic carbocycles. The van der Waals surface area contributed by atoms with Crippen LogP contribution in [0.25, 0.3) is 0 Å². The molecule has 1 aliphatic rings. The van der Waals surface area contributed by atoms with Crippen molar-refractivity contribution < 1.29 is 27.3 Å². The summed E-state index contributed by atoms with van der Waals surface area (Å²) >= 11 is 1.28. The van der Waals surface area contributed by atoms with Crippen LogP contribution in [0.4, 0.5) is 13.2 Å². The van der Waals surface area contributed by atoms with E-state index in [0.29, 0.717) is 4.88 Å². The van der Waals surface area contributed by atoms with Gasteiger partial charge in [-0.1, -0.05) is 6.07 Å². The van der Waals surface area contributed by atoms with E-state index in [-0.39, 0.29) is 12.1 Å². The van der Waals surface area contributed by atoms with E-state index in [2.05, 4.69) is 4.98 Å². The number of thiophene rings is 1. The predicted molar refractivity (Wildman–Crippen MR) is 105 cm³/mol. The Morgan fingerprint density at radius 1 is 1.24 bits per heavy atom. The minimum absolute atomic E-state index is 0.177. The molecule has 0 radical (unpaired) electrons. The molecular formula is C19H22BF3N2O3S. The second-order valence-electron chi connectivity index (χ2n) is 7.91. The third-order valence-corrected chi connectivity index (χ3v) is 6.11. The Morgan fingerprint density at radius 3 is 2.45 bits per heavy atom. The number of hydrogen-bond acceptors (Lipinski definition) is 5. The summed E-state index contributed by atoms with van der Waals surface area (Å²) in [4.78, 5) is 16.6. The standard InChI is InChI=1S/C19H22BF3N2O3S/c1-17(2)18(3,4)28-20(27-17)12-9-13(29-11-12)10-15(26)25-16(19(21,22)23)14-7-5-6-8-24-14/h5-9,11,16H,10H2,1-4H3,(H,25,26). The van der Waals surface area contributed by atoms with Crippen molar-refractivity contribution in [2.24, 2.45) is 0 Å². The normalized spacial score (nSPS) is 19.2. The van der Waals surface area contributed by atoms with Gasteiger partial charge in [0.1, 0.15) is 0 Å². The number of aromatic nitrogens is 1. The molecule has 0 aromatic carbocycles. The van der Waals surface area contributed by atoms with Crippen molar-refractivity contribution in [2.75, 3.05) is 0 Å². The number of alkyl halides is 3.